The Balaban J connectivity index is 1.24. The normalized spacial score (nSPS) is 10.7. The number of benzene rings is 6. The van der Waals surface area contributed by atoms with Crippen LogP contribution in [0.25, 0.3) is 33.4 Å². The van der Waals surface area contributed by atoms with Crippen LogP contribution in [0.5, 0.6) is 0 Å². The summed E-state index contributed by atoms with van der Waals surface area (Å²) >= 11 is 0. The summed E-state index contributed by atoms with van der Waals surface area (Å²) in [5.41, 5.74) is 10.8. The van der Waals surface area contributed by atoms with Crippen LogP contribution in [-0.4, -0.2) is 0 Å². The zero-order valence-corrected chi connectivity index (χ0v) is 20.5. The van der Waals surface area contributed by atoms with E-state index < -0.39 is 0 Å². The second-order valence-electron chi connectivity index (χ2n) is 9.07. The number of rotatable bonds is 6. The van der Waals surface area contributed by atoms with Crippen molar-refractivity contribution in [3.63, 3.8) is 0 Å². The van der Waals surface area contributed by atoms with Crippen molar-refractivity contribution in [2.45, 2.75) is 0 Å². The molecule has 6 aromatic rings. The van der Waals surface area contributed by atoms with Crippen molar-refractivity contribution in [2.75, 3.05) is 4.90 Å². The molecule has 0 N–H and O–H groups in total. The number of nitrogens with zero attached hydrogens (tertiary/aromatic N) is 1. The number of hydrogen-bond acceptors (Lipinski definition) is 1. The Morgan fingerprint density at radius 1 is 0.216 bits per heavy atom. The number of hydrogen-bond donors (Lipinski definition) is 0. The summed E-state index contributed by atoms with van der Waals surface area (Å²) in [6.45, 7) is 0. The lowest BCUT2D eigenvalue weighted by Gasteiger charge is -2.25. The van der Waals surface area contributed by atoms with E-state index in [0.717, 1.165) is 17.1 Å². The molecule has 6 rings (SSSR count). The van der Waals surface area contributed by atoms with Gasteiger partial charge in [-0.15, -0.1) is 0 Å². The Morgan fingerprint density at radius 3 is 0.811 bits per heavy atom. The molecule has 6 aromatic carbocycles. The third-order valence-electron chi connectivity index (χ3n) is 6.70. The smallest absolute Gasteiger partial charge is 0.0462 e. The molecule has 0 spiro atoms. The summed E-state index contributed by atoms with van der Waals surface area (Å²) in [5.74, 6) is 0. The molecular weight excluding hydrogens is 446 g/mol. The SMILES string of the molecule is c1ccc(-c2ccc(-c3ccc(-c4ccc(N(c5ccccc5)c5ccccc5)cc4)cc3)cc2)cc1. The van der Waals surface area contributed by atoms with Crippen molar-refractivity contribution in [1.29, 1.82) is 0 Å². The Hall–Kier alpha value is -4.88. The van der Waals surface area contributed by atoms with E-state index in [1.165, 1.54) is 33.4 Å². The van der Waals surface area contributed by atoms with Crippen molar-refractivity contribution >= 4 is 17.1 Å². The van der Waals surface area contributed by atoms with Gasteiger partial charge in [0.05, 0.1) is 0 Å². The highest BCUT2D eigenvalue weighted by Crippen LogP contribution is 2.35. The Labute approximate surface area is 218 Å². The Kier molecular flexibility index (Phi) is 6.34. The molecule has 0 atom stereocenters. The third kappa shape index (κ3) is 4.94. The Morgan fingerprint density at radius 2 is 0.459 bits per heavy atom. The van der Waals surface area contributed by atoms with Gasteiger partial charge in [0.1, 0.15) is 0 Å². The summed E-state index contributed by atoms with van der Waals surface area (Å²) in [6, 6.07) is 58.0. The summed E-state index contributed by atoms with van der Waals surface area (Å²) < 4.78 is 0. The highest BCUT2D eigenvalue weighted by Gasteiger charge is 2.12. The molecule has 37 heavy (non-hydrogen) atoms. The monoisotopic (exact) mass is 473 g/mol. The quantitative estimate of drug-likeness (QED) is 0.233. The molecule has 1 nitrogen and oxygen atoms in total. The van der Waals surface area contributed by atoms with Gasteiger partial charge in [-0.1, -0.05) is 127 Å². The first-order chi connectivity index (χ1) is 18.3. The summed E-state index contributed by atoms with van der Waals surface area (Å²) in [6.07, 6.45) is 0. The lowest BCUT2D eigenvalue weighted by molar-refractivity contribution is 1.28. The Bertz CT molecular complexity index is 1510. The molecule has 0 unspecified atom stereocenters. The van der Waals surface area contributed by atoms with E-state index in [1.807, 2.05) is 0 Å². The fraction of sp³-hybridized carbons (Fsp3) is 0. The van der Waals surface area contributed by atoms with Gasteiger partial charge in [0, 0.05) is 17.1 Å². The maximum atomic E-state index is 2.28. The van der Waals surface area contributed by atoms with E-state index in [-0.39, 0.29) is 0 Å². The van der Waals surface area contributed by atoms with Gasteiger partial charge in [0.2, 0.25) is 0 Å². The van der Waals surface area contributed by atoms with E-state index in [0.29, 0.717) is 0 Å². The number of para-hydroxylation sites is 2. The van der Waals surface area contributed by atoms with Crippen LogP contribution in [0.3, 0.4) is 0 Å². The minimum atomic E-state index is 1.14. The molecule has 176 valence electrons. The fourth-order valence-electron chi connectivity index (χ4n) is 4.75. The van der Waals surface area contributed by atoms with Gasteiger partial charge >= 0.3 is 0 Å². The van der Waals surface area contributed by atoms with Crippen LogP contribution in [0.4, 0.5) is 17.1 Å². The van der Waals surface area contributed by atoms with Crippen molar-refractivity contribution in [1.82, 2.24) is 0 Å². The van der Waals surface area contributed by atoms with Crippen LogP contribution in [0, 0.1) is 0 Å². The van der Waals surface area contributed by atoms with Gasteiger partial charge in [0.15, 0.2) is 0 Å². The molecule has 0 bridgehead atoms. The molecule has 1 heteroatoms. The third-order valence-corrected chi connectivity index (χ3v) is 6.70. The van der Waals surface area contributed by atoms with Gasteiger partial charge in [-0.25, -0.2) is 0 Å². The minimum absolute atomic E-state index is 1.14. The molecule has 0 radical (unpaired) electrons. The standard InChI is InChI=1S/C36H27N/c1-4-10-28(11-5-1)29-16-18-30(19-17-29)31-20-22-32(23-21-31)33-24-26-36(27-25-33)37(34-12-6-2-7-13-34)35-14-8-3-9-15-35/h1-27H. The van der Waals surface area contributed by atoms with Gasteiger partial charge in [-0.3, -0.25) is 0 Å². The molecule has 0 amide bonds. The second-order valence-corrected chi connectivity index (χ2v) is 9.07. The van der Waals surface area contributed by atoms with E-state index >= 15 is 0 Å². The van der Waals surface area contributed by atoms with Gasteiger partial charge < -0.3 is 4.90 Å². The fourth-order valence-corrected chi connectivity index (χ4v) is 4.75. The molecule has 0 heterocycles. The maximum Gasteiger partial charge on any atom is 0.0462 e. The first-order valence-electron chi connectivity index (χ1n) is 12.6. The van der Waals surface area contributed by atoms with Crippen molar-refractivity contribution in [3.05, 3.63) is 164 Å². The summed E-state index contributed by atoms with van der Waals surface area (Å²) in [4.78, 5) is 2.28. The lowest BCUT2D eigenvalue weighted by Crippen LogP contribution is -2.09. The molecule has 0 aliphatic carbocycles. The molecule has 0 saturated carbocycles. The van der Waals surface area contributed by atoms with E-state index in [1.54, 1.807) is 0 Å². The predicted octanol–water partition coefficient (Wildman–Crippen LogP) is 10.2. The average Bonchev–Trinajstić information content (AvgIpc) is 2.99. The highest BCUT2D eigenvalue weighted by molar-refractivity contribution is 5.79. The molecule has 0 saturated heterocycles. The van der Waals surface area contributed by atoms with Crippen LogP contribution >= 0.6 is 0 Å². The number of anilines is 3. The second kappa shape index (κ2) is 10.4. The van der Waals surface area contributed by atoms with Gasteiger partial charge in [-0.05, 0) is 69.8 Å². The highest BCUT2D eigenvalue weighted by atomic mass is 15.1. The summed E-state index contributed by atoms with van der Waals surface area (Å²) in [7, 11) is 0. The van der Waals surface area contributed by atoms with Crippen LogP contribution in [0.15, 0.2) is 164 Å². The minimum Gasteiger partial charge on any atom is -0.311 e. The van der Waals surface area contributed by atoms with Gasteiger partial charge in [0.25, 0.3) is 0 Å². The first-order valence-corrected chi connectivity index (χ1v) is 12.6. The van der Waals surface area contributed by atoms with Crippen molar-refractivity contribution < 1.29 is 0 Å². The van der Waals surface area contributed by atoms with Crippen molar-refractivity contribution in [2.24, 2.45) is 0 Å². The van der Waals surface area contributed by atoms with Crippen LogP contribution in [0.1, 0.15) is 0 Å². The van der Waals surface area contributed by atoms with E-state index in [9.17, 15) is 0 Å². The molecule has 0 aliphatic rings. The lowest BCUT2D eigenvalue weighted by atomic mass is 9.98. The molecule has 0 aromatic heterocycles. The predicted molar refractivity (Wildman–Crippen MR) is 157 cm³/mol. The van der Waals surface area contributed by atoms with E-state index in [2.05, 4.69) is 169 Å². The molecule has 0 fully saturated rings. The van der Waals surface area contributed by atoms with E-state index in [4.69, 9.17) is 0 Å². The summed E-state index contributed by atoms with van der Waals surface area (Å²) in [5, 5.41) is 0. The van der Waals surface area contributed by atoms with Crippen LogP contribution in [0.2, 0.25) is 0 Å². The topological polar surface area (TPSA) is 3.24 Å². The van der Waals surface area contributed by atoms with Crippen LogP contribution < -0.4 is 4.90 Å². The molecule has 0 aliphatic heterocycles. The van der Waals surface area contributed by atoms with Gasteiger partial charge in [-0.2, -0.15) is 0 Å². The maximum absolute atomic E-state index is 2.28. The average molecular weight is 474 g/mol. The van der Waals surface area contributed by atoms with Crippen molar-refractivity contribution in [3.8, 4) is 33.4 Å². The molecular formula is C36H27N. The van der Waals surface area contributed by atoms with Crippen LogP contribution in [-0.2, 0) is 0 Å². The first kappa shape index (κ1) is 22.6. The zero-order chi connectivity index (χ0) is 24.9. The zero-order valence-electron chi connectivity index (χ0n) is 20.5. The largest absolute Gasteiger partial charge is 0.311 e.